The van der Waals surface area contributed by atoms with E-state index in [4.69, 9.17) is 8.74 Å². The lowest BCUT2D eigenvalue weighted by Gasteiger charge is -2.46. The Bertz CT molecular complexity index is 1090. The average molecular weight is 489 g/mol. The summed E-state index contributed by atoms with van der Waals surface area (Å²) in [6.07, 6.45) is -1.22. The molecule has 1 saturated heterocycles. The normalized spacial score (nSPS) is 21.8. The van der Waals surface area contributed by atoms with E-state index in [1.807, 2.05) is 20.9 Å². The molecule has 178 valence electrons. The van der Waals surface area contributed by atoms with Crippen molar-refractivity contribution in [1.29, 1.82) is 0 Å². The van der Waals surface area contributed by atoms with Gasteiger partial charge in [0.1, 0.15) is 25.7 Å². The van der Waals surface area contributed by atoms with Crippen molar-refractivity contribution in [3.8, 4) is 0 Å². The zero-order valence-electron chi connectivity index (χ0n) is 18.2. The second-order valence-corrected chi connectivity index (χ2v) is 11.4. The van der Waals surface area contributed by atoms with Crippen molar-refractivity contribution in [2.24, 2.45) is 0 Å². The van der Waals surface area contributed by atoms with Crippen molar-refractivity contribution >= 4 is 20.2 Å². The molecule has 32 heavy (non-hydrogen) atoms. The summed E-state index contributed by atoms with van der Waals surface area (Å²) >= 11 is 0. The number of aliphatic hydroxyl groups is 2. The molecule has 0 aromatic heterocycles. The quantitative estimate of drug-likeness (QED) is 0.299. The fraction of sp³-hybridized carbons (Fsp3) is 0.429. The summed E-state index contributed by atoms with van der Waals surface area (Å²) in [5.74, 6) is 0. The van der Waals surface area contributed by atoms with Crippen molar-refractivity contribution in [2.45, 2.75) is 35.8 Å². The summed E-state index contributed by atoms with van der Waals surface area (Å²) in [6.45, 7) is 4.94. The first-order valence-electron chi connectivity index (χ1n) is 9.90. The van der Waals surface area contributed by atoms with Gasteiger partial charge >= 0.3 is 0 Å². The molecule has 0 bridgehead atoms. The summed E-state index contributed by atoms with van der Waals surface area (Å²) in [7, 11) is -5.96. The molecule has 9 nitrogen and oxygen atoms in total. The fourth-order valence-corrected chi connectivity index (χ4v) is 4.75. The summed E-state index contributed by atoms with van der Waals surface area (Å²) in [6, 6.07) is 12.3. The van der Waals surface area contributed by atoms with Crippen LogP contribution < -0.4 is 0 Å². The third kappa shape index (κ3) is 7.93. The maximum atomic E-state index is 12.0. The van der Waals surface area contributed by atoms with Crippen LogP contribution >= 0.6 is 0 Å². The third-order valence-electron chi connectivity index (χ3n) is 5.00. The lowest BCUT2D eigenvalue weighted by atomic mass is 10.1. The van der Waals surface area contributed by atoms with Crippen LogP contribution in [0.5, 0.6) is 0 Å². The van der Waals surface area contributed by atoms with Crippen LogP contribution in [0, 0.1) is 13.8 Å². The molecule has 1 aliphatic heterocycles. The number of nitrogens with zero attached hydrogens (tertiary/aromatic N) is 1. The molecular formula is C21H30NO8S2+. The standard InChI is InChI=1S/C14H22NO5S.C7H8O3S/c1-11-3-5-14(6-4-11)21(18,19)20-10-13(17)9-15(2)7-12(16)8-15;1-6-2-4-7(5-3-6)11(8,9)10/h3-6,12-13,16-17H,7-10H2,1-2H3;2-5H,1H3,(H,8,9,10)/q+1;. The molecule has 2 aromatic rings. The van der Waals surface area contributed by atoms with Crippen LogP contribution in [0.25, 0.3) is 0 Å². The van der Waals surface area contributed by atoms with Crippen LogP contribution in [0.15, 0.2) is 58.3 Å². The minimum Gasteiger partial charge on any atom is -0.385 e. The Morgan fingerprint density at radius 3 is 1.78 bits per heavy atom. The van der Waals surface area contributed by atoms with Gasteiger partial charge in [-0.15, -0.1) is 0 Å². The van der Waals surface area contributed by atoms with Crippen molar-refractivity contribution in [1.82, 2.24) is 0 Å². The summed E-state index contributed by atoms with van der Waals surface area (Å²) < 4.78 is 58.9. The summed E-state index contributed by atoms with van der Waals surface area (Å²) in [5.41, 5.74) is 1.92. The monoisotopic (exact) mass is 488 g/mol. The predicted octanol–water partition coefficient (Wildman–Crippen LogP) is 1.12. The van der Waals surface area contributed by atoms with Crippen LogP contribution in [0.4, 0.5) is 0 Å². The Morgan fingerprint density at radius 2 is 1.38 bits per heavy atom. The molecule has 0 amide bonds. The van der Waals surface area contributed by atoms with Gasteiger partial charge in [-0.05, 0) is 38.1 Å². The van der Waals surface area contributed by atoms with Gasteiger partial charge < -0.3 is 14.7 Å². The molecule has 11 heteroatoms. The highest BCUT2D eigenvalue weighted by atomic mass is 32.2. The summed E-state index contributed by atoms with van der Waals surface area (Å²) in [5, 5.41) is 19.2. The van der Waals surface area contributed by atoms with E-state index in [1.165, 1.54) is 24.3 Å². The van der Waals surface area contributed by atoms with E-state index in [0.717, 1.165) is 11.1 Å². The van der Waals surface area contributed by atoms with Crippen molar-refractivity contribution in [2.75, 3.05) is 33.3 Å². The molecule has 1 aliphatic rings. The lowest BCUT2D eigenvalue weighted by molar-refractivity contribution is -0.957. The second kappa shape index (κ2) is 10.4. The predicted molar refractivity (Wildman–Crippen MR) is 118 cm³/mol. The Morgan fingerprint density at radius 1 is 0.938 bits per heavy atom. The molecule has 1 heterocycles. The number of hydrogen-bond donors (Lipinski definition) is 3. The van der Waals surface area contributed by atoms with Gasteiger partial charge in [0.15, 0.2) is 6.10 Å². The first-order chi connectivity index (χ1) is 14.7. The van der Waals surface area contributed by atoms with Gasteiger partial charge in [0.05, 0.1) is 23.4 Å². The average Bonchev–Trinajstić information content (AvgIpc) is 2.66. The van der Waals surface area contributed by atoms with E-state index in [-0.39, 0.29) is 22.5 Å². The Balaban J connectivity index is 0.000000278. The van der Waals surface area contributed by atoms with Crippen molar-refractivity contribution in [3.63, 3.8) is 0 Å². The molecule has 0 radical (unpaired) electrons. The van der Waals surface area contributed by atoms with Crippen molar-refractivity contribution in [3.05, 3.63) is 59.7 Å². The Labute approximate surface area is 189 Å². The molecule has 0 aliphatic carbocycles. The van der Waals surface area contributed by atoms with Gasteiger partial charge in [0.2, 0.25) is 0 Å². The van der Waals surface area contributed by atoms with Gasteiger partial charge in [-0.25, -0.2) is 0 Å². The fourth-order valence-electron chi connectivity index (χ4n) is 3.33. The van der Waals surface area contributed by atoms with E-state index in [2.05, 4.69) is 0 Å². The van der Waals surface area contributed by atoms with Crippen LogP contribution in [0.1, 0.15) is 11.1 Å². The second-order valence-electron chi connectivity index (χ2n) is 8.31. The van der Waals surface area contributed by atoms with E-state index in [1.54, 1.807) is 24.3 Å². The number of rotatable bonds is 7. The highest BCUT2D eigenvalue weighted by molar-refractivity contribution is 7.86. The summed E-state index contributed by atoms with van der Waals surface area (Å²) in [4.78, 5) is 0.0168. The minimum atomic E-state index is -4.02. The largest absolute Gasteiger partial charge is 0.385 e. The number of benzene rings is 2. The zero-order valence-corrected chi connectivity index (χ0v) is 19.9. The number of likely N-dealkylation sites (N-methyl/N-ethyl adjacent to an activating group) is 1. The van der Waals surface area contributed by atoms with Crippen LogP contribution in [-0.2, 0) is 24.4 Å². The smallest absolute Gasteiger partial charge is 0.297 e. The molecule has 0 spiro atoms. The SMILES string of the molecule is Cc1ccc(S(=O)(=O)O)cc1.Cc1ccc(S(=O)(=O)OCC(O)C[N+]2(C)CC(O)C2)cc1. The van der Waals surface area contributed by atoms with Crippen LogP contribution in [0.2, 0.25) is 0 Å². The number of quaternary nitrogens is 1. The van der Waals surface area contributed by atoms with Crippen LogP contribution in [0.3, 0.4) is 0 Å². The maximum Gasteiger partial charge on any atom is 0.297 e. The van der Waals surface area contributed by atoms with Gasteiger partial charge in [0, 0.05) is 0 Å². The first-order valence-corrected chi connectivity index (χ1v) is 12.7. The number of hydrogen-bond acceptors (Lipinski definition) is 7. The topological polar surface area (TPSA) is 138 Å². The number of aliphatic hydroxyl groups excluding tert-OH is 2. The Kier molecular flexibility index (Phi) is 8.56. The number of aryl methyl sites for hydroxylation is 2. The zero-order chi connectivity index (χ0) is 24.2. The minimum absolute atomic E-state index is 0.0666. The maximum absolute atomic E-state index is 12.0. The van der Waals surface area contributed by atoms with Gasteiger partial charge in [-0.1, -0.05) is 35.4 Å². The van der Waals surface area contributed by atoms with E-state index < -0.39 is 26.3 Å². The highest BCUT2D eigenvalue weighted by Gasteiger charge is 2.40. The Hall–Kier alpha value is -1.86. The molecule has 3 rings (SSSR count). The molecule has 1 unspecified atom stereocenters. The lowest BCUT2D eigenvalue weighted by Crippen LogP contribution is -2.66. The van der Waals surface area contributed by atoms with Gasteiger partial charge in [-0.2, -0.15) is 16.8 Å². The highest BCUT2D eigenvalue weighted by Crippen LogP contribution is 2.19. The van der Waals surface area contributed by atoms with E-state index >= 15 is 0 Å². The third-order valence-corrected chi connectivity index (χ3v) is 7.16. The molecule has 1 atom stereocenters. The molecular weight excluding hydrogens is 458 g/mol. The first kappa shape index (κ1) is 26.4. The molecule has 1 fully saturated rings. The number of likely N-dealkylation sites (tertiary alicyclic amines) is 1. The van der Waals surface area contributed by atoms with E-state index in [9.17, 15) is 27.0 Å². The molecule has 3 N–H and O–H groups in total. The van der Waals surface area contributed by atoms with Crippen molar-refractivity contribution < 1.29 is 40.3 Å². The van der Waals surface area contributed by atoms with Gasteiger partial charge in [0.25, 0.3) is 20.2 Å². The van der Waals surface area contributed by atoms with Crippen LogP contribution in [-0.4, -0.2) is 81.6 Å². The molecule has 0 saturated carbocycles. The molecule has 2 aromatic carbocycles. The van der Waals surface area contributed by atoms with Gasteiger partial charge in [-0.3, -0.25) is 8.74 Å². The van der Waals surface area contributed by atoms with E-state index in [0.29, 0.717) is 24.1 Å².